The first-order chi connectivity index (χ1) is 18.5. The second-order valence-corrected chi connectivity index (χ2v) is 13.3. The van der Waals surface area contributed by atoms with Crippen LogP contribution in [0.15, 0.2) is 47.4 Å². The molecule has 2 heterocycles. The van der Waals surface area contributed by atoms with Crippen molar-refractivity contribution in [2.75, 3.05) is 5.75 Å². The second-order valence-electron chi connectivity index (χ2n) is 12.2. The van der Waals surface area contributed by atoms with Crippen LogP contribution in [-0.4, -0.2) is 40.0 Å². The van der Waals surface area contributed by atoms with Gasteiger partial charge in [-0.3, -0.25) is 19.7 Å². The van der Waals surface area contributed by atoms with Crippen molar-refractivity contribution in [2.24, 2.45) is 17.8 Å². The number of thioether (sulfide) groups is 1. The number of amides is 3. The molecule has 2 aromatic rings. The van der Waals surface area contributed by atoms with Crippen molar-refractivity contribution in [1.82, 2.24) is 15.5 Å². The zero-order valence-corrected chi connectivity index (χ0v) is 22.5. The van der Waals surface area contributed by atoms with Gasteiger partial charge >= 0.3 is 0 Å². The number of imide groups is 1. The fourth-order valence-electron chi connectivity index (χ4n) is 8.16. The predicted octanol–water partition coefficient (Wildman–Crippen LogP) is 4.45. The number of rotatable bonds is 8. The quantitative estimate of drug-likeness (QED) is 0.390. The second kappa shape index (κ2) is 9.53. The minimum Gasteiger partial charge on any atom is -0.322 e. The molecule has 3 amide bonds. The van der Waals surface area contributed by atoms with Crippen LogP contribution < -0.4 is 10.6 Å². The molecule has 3 atom stereocenters. The number of fused-ring (bicyclic) bond motifs is 1. The molecule has 4 bridgehead atoms. The SMILES string of the molecule is O=C1CCC(N2Cc3c(SCCc4ccc(CNC56CC7CC(CC5C7)C6)cc4)cccc3C2=O)C(=O)N1. The van der Waals surface area contributed by atoms with Gasteiger partial charge in [0.1, 0.15) is 6.04 Å². The summed E-state index contributed by atoms with van der Waals surface area (Å²) in [6.45, 7) is 1.40. The van der Waals surface area contributed by atoms with Crippen molar-refractivity contribution in [1.29, 1.82) is 0 Å². The van der Waals surface area contributed by atoms with Crippen LogP contribution in [0.4, 0.5) is 0 Å². The van der Waals surface area contributed by atoms with E-state index in [0.29, 0.717) is 24.1 Å². The van der Waals surface area contributed by atoms with E-state index in [2.05, 4.69) is 41.0 Å². The highest BCUT2D eigenvalue weighted by molar-refractivity contribution is 7.99. The topological polar surface area (TPSA) is 78.5 Å². The molecule has 2 N–H and O–H groups in total. The lowest BCUT2D eigenvalue weighted by Crippen LogP contribution is -2.52. The predicted molar refractivity (Wildman–Crippen MR) is 146 cm³/mol. The zero-order chi connectivity index (χ0) is 25.9. The van der Waals surface area contributed by atoms with E-state index in [1.165, 1.54) is 43.2 Å². The lowest BCUT2D eigenvalue weighted by Gasteiger charge is -2.34. The molecule has 3 unspecified atom stereocenters. The average Bonchev–Trinajstić information content (AvgIpc) is 3.46. The standard InChI is InChI=1S/C31H35N3O3S/c35-28-9-8-26(29(36)33-28)34-18-25-24(30(34)37)2-1-3-27(25)38-11-10-19-4-6-20(7-5-19)17-32-31-15-21-12-22(16-31)14-23(31)13-21/h1-7,21-23,26,32H,8-18H2,(H,33,35,36). The summed E-state index contributed by atoms with van der Waals surface area (Å²) >= 11 is 1.77. The largest absolute Gasteiger partial charge is 0.322 e. The molecule has 0 radical (unpaired) electrons. The molecular weight excluding hydrogens is 494 g/mol. The first-order valence-corrected chi connectivity index (χ1v) is 15.2. The Hall–Kier alpha value is -2.64. The van der Waals surface area contributed by atoms with E-state index in [1.807, 2.05) is 12.1 Å². The van der Waals surface area contributed by atoms with Crippen LogP contribution in [0.2, 0.25) is 0 Å². The Morgan fingerprint density at radius 3 is 2.50 bits per heavy atom. The molecule has 1 saturated heterocycles. The van der Waals surface area contributed by atoms with Gasteiger partial charge in [-0.2, -0.15) is 0 Å². The number of nitrogens with one attached hydrogen (secondary N) is 2. The molecule has 7 heteroatoms. The van der Waals surface area contributed by atoms with Gasteiger partial charge in [-0.05, 0) is 91.5 Å². The van der Waals surface area contributed by atoms with Crippen LogP contribution in [0.3, 0.4) is 0 Å². The van der Waals surface area contributed by atoms with Crippen LogP contribution in [0.1, 0.15) is 72.0 Å². The first kappa shape index (κ1) is 24.4. The van der Waals surface area contributed by atoms with Crippen LogP contribution in [-0.2, 0) is 29.1 Å². The minimum absolute atomic E-state index is 0.112. The van der Waals surface area contributed by atoms with E-state index in [-0.39, 0.29) is 24.1 Å². The number of piperidine rings is 1. The molecule has 8 rings (SSSR count). The third kappa shape index (κ3) is 4.28. The van der Waals surface area contributed by atoms with Crippen LogP contribution in [0.5, 0.6) is 0 Å². The Kier molecular flexibility index (Phi) is 6.12. The number of hydrogen-bond donors (Lipinski definition) is 2. The van der Waals surface area contributed by atoms with Gasteiger partial charge in [0.2, 0.25) is 11.8 Å². The highest BCUT2D eigenvalue weighted by Crippen LogP contribution is 2.60. The number of nitrogens with zero attached hydrogens (tertiary/aromatic N) is 1. The average molecular weight is 530 g/mol. The van der Waals surface area contributed by atoms with Crippen LogP contribution >= 0.6 is 11.8 Å². The monoisotopic (exact) mass is 529 g/mol. The van der Waals surface area contributed by atoms with Crippen LogP contribution in [0.25, 0.3) is 0 Å². The van der Waals surface area contributed by atoms with Gasteiger partial charge in [0.25, 0.3) is 5.91 Å². The van der Waals surface area contributed by atoms with Crippen LogP contribution in [0, 0.1) is 17.8 Å². The van der Waals surface area contributed by atoms with Crippen molar-refractivity contribution in [3.05, 3.63) is 64.7 Å². The zero-order valence-electron chi connectivity index (χ0n) is 21.7. The Morgan fingerprint density at radius 2 is 1.74 bits per heavy atom. The van der Waals surface area contributed by atoms with E-state index in [4.69, 9.17) is 0 Å². The van der Waals surface area contributed by atoms with Gasteiger partial charge in [0, 0.05) is 41.3 Å². The van der Waals surface area contributed by atoms with E-state index >= 15 is 0 Å². The lowest BCUT2D eigenvalue weighted by atomic mass is 9.80. The van der Waals surface area contributed by atoms with E-state index in [1.54, 1.807) is 16.7 Å². The number of hydrogen-bond acceptors (Lipinski definition) is 5. The third-order valence-corrected chi connectivity index (χ3v) is 10.9. The Bertz CT molecular complexity index is 1280. The minimum atomic E-state index is -0.572. The molecule has 198 valence electrons. The van der Waals surface area contributed by atoms with Gasteiger partial charge < -0.3 is 10.2 Å². The number of aryl methyl sites for hydroxylation is 1. The summed E-state index contributed by atoms with van der Waals surface area (Å²) in [5.41, 5.74) is 4.81. The van der Waals surface area contributed by atoms with E-state index in [9.17, 15) is 14.4 Å². The molecule has 38 heavy (non-hydrogen) atoms. The first-order valence-electron chi connectivity index (χ1n) is 14.2. The lowest BCUT2D eigenvalue weighted by molar-refractivity contribution is -0.136. The fraction of sp³-hybridized carbons (Fsp3) is 0.516. The van der Waals surface area contributed by atoms with Gasteiger partial charge in [-0.15, -0.1) is 11.8 Å². The smallest absolute Gasteiger partial charge is 0.255 e. The molecule has 4 aliphatic carbocycles. The van der Waals surface area contributed by atoms with Gasteiger partial charge in [0.15, 0.2) is 0 Å². The maximum atomic E-state index is 13.1. The van der Waals surface area contributed by atoms with Crippen molar-refractivity contribution in [3.8, 4) is 0 Å². The maximum Gasteiger partial charge on any atom is 0.255 e. The molecule has 0 aromatic heterocycles. The molecule has 0 spiro atoms. The van der Waals surface area contributed by atoms with Gasteiger partial charge in [0.05, 0.1) is 0 Å². The molecule has 2 aromatic carbocycles. The van der Waals surface area contributed by atoms with Crippen molar-refractivity contribution < 1.29 is 14.4 Å². The van der Waals surface area contributed by atoms with Gasteiger partial charge in [-0.1, -0.05) is 30.3 Å². The summed E-state index contributed by atoms with van der Waals surface area (Å²) in [6, 6.07) is 14.4. The molecule has 4 saturated carbocycles. The summed E-state index contributed by atoms with van der Waals surface area (Å²) in [7, 11) is 0. The van der Waals surface area contributed by atoms with Crippen molar-refractivity contribution >= 4 is 29.5 Å². The summed E-state index contributed by atoms with van der Waals surface area (Å²) in [4.78, 5) is 39.7. The molecule has 2 aliphatic heterocycles. The summed E-state index contributed by atoms with van der Waals surface area (Å²) in [5, 5.41) is 6.38. The molecular formula is C31H35N3O3S. The van der Waals surface area contributed by atoms with Gasteiger partial charge in [-0.25, -0.2) is 0 Å². The summed E-state index contributed by atoms with van der Waals surface area (Å²) in [6.07, 6.45) is 8.79. The molecule has 6 nitrogen and oxygen atoms in total. The molecule has 6 aliphatic rings. The Morgan fingerprint density at radius 1 is 0.974 bits per heavy atom. The van der Waals surface area contributed by atoms with E-state index < -0.39 is 6.04 Å². The number of benzene rings is 2. The molecule has 5 fully saturated rings. The van der Waals surface area contributed by atoms with Crippen molar-refractivity contribution in [2.45, 2.75) is 80.9 Å². The number of carbonyl (C=O) groups excluding carboxylic acids is 3. The summed E-state index contributed by atoms with van der Waals surface area (Å²) < 4.78 is 0. The summed E-state index contributed by atoms with van der Waals surface area (Å²) in [5.74, 6) is 3.05. The highest BCUT2D eigenvalue weighted by atomic mass is 32.2. The Balaban J connectivity index is 0.939. The Labute approximate surface area is 228 Å². The normalized spacial score (nSPS) is 31.3. The highest BCUT2D eigenvalue weighted by Gasteiger charge is 2.57. The van der Waals surface area contributed by atoms with E-state index in [0.717, 1.165) is 46.9 Å². The fourth-order valence-corrected chi connectivity index (χ4v) is 9.24. The maximum absolute atomic E-state index is 13.1. The number of carbonyl (C=O) groups is 3. The third-order valence-electron chi connectivity index (χ3n) is 9.84. The van der Waals surface area contributed by atoms with Crippen molar-refractivity contribution in [3.63, 3.8) is 0 Å².